The van der Waals surface area contributed by atoms with E-state index < -0.39 is 5.97 Å². The van der Waals surface area contributed by atoms with Gasteiger partial charge in [-0.1, -0.05) is 12.1 Å². The zero-order valence-corrected chi connectivity index (χ0v) is 11.4. The number of fused-ring (bicyclic) bond motifs is 1. The van der Waals surface area contributed by atoms with Crippen LogP contribution in [0.3, 0.4) is 0 Å². The van der Waals surface area contributed by atoms with Crippen LogP contribution in [0.5, 0.6) is 0 Å². The first-order valence-electron chi connectivity index (χ1n) is 7.08. The Morgan fingerprint density at radius 1 is 1.24 bits per heavy atom. The van der Waals surface area contributed by atoms with Crippen LogP contribution in [0.2, 0.25) is 0 Å². The smallest absolute Gasteiger partial charge is 0.335 e. The van der Waals surface area contributed by atoms with Gasteiger partial charge >= 0.3 is 5.97 Å². The van der Waals surface area contributed by atoms with Gasteiger partial charge in [0.25, 0.3) is 0 Å². The van der Waals surface area contributed by atoms with Crippen molar-refractivity contribution in [1.82, 2.24) is 4.57 Å². The fourth-order valence-corrected chi connectivity index (χ4v) is 2.85. The molecule has 0 atom stereocenters. The van der Waals surface area contributed by atoms with Crippen molar-refractivity contribution in [2.45, 2.75) is 18.9 Å². The first-order chi connectivity index (χ1) is 10.2. The fourth-order valence-electron chi connectivity index (χ4n) is 2.85. The van der Waals surface area contributed by atoms with Crippen molar-refractivity contribution in [3.63, 3.8) is 0 Å². The van der Waals surface area contributed by atoms with E-state index in [9.17, 15) is 4.79 Å². The van der Waals surface area contributed by atoms with Gasteiger partial charge in [0.05, 0.1) is 5.56 Å². The lowest BCUT2D eigenvalue weighted by molar-refractivity contribution is 0.0697. The van der Waals surface area contributed by atoms with Crippen LogP contribution >= 0.6 is 0 Å². The average Bonchev–Trinajstić information content (AvgIpc) is 3.26. The second kappa shape index (κ2) is 4.48. The standard InChI is InChI=1S/C18H14NO2/c20-18(21)13-4-1-3-12(11-13)15-5-2-6-17-16(15)9-10-19(17)14-7-8-14/h1,3-6,9-11,14H,7-8H2,(H,20,21). The highest BCUT2D eigenvalue weighted by Gasteiger charge is 2.24. The Kier molecular flexibility index (Phi) is 2.61. The summed E-state index contributed by atoms with van der Waals surface area (Å²) < 4.78 is 2.30. The third kappa shape index (κ3) is 2.02. The van der Waals surface area contributed by atoms with Gasteiger partial charge in [0.2, 0.25) is 0 Å². The number of benzene rings is 2. The van der Waals surface area contributed by atoms with E-state index in [0.717, 1.165) is 16.5 Å². The number of nitrogens with zero attached hydrogens (tertiary/aromatic N) is 1. The number of carboxylic acid groups (broad SMARTS) is 1. The maximum Gasteiger partial charge on any atom is 0.335 e. The molecule has 1 heterocycles. The number of hydrogen-bond donors (Lipinski definition) is 1. The molecule has 0 unspecified atom stereocenters. The van der Waals surface area contributed by atoms with Gasteiger partial charge in [0.1, 0.15) is 0 Å². The molecule has 0 aliphatic heterocycles. The van der Waals surface area contributed by atoms with Crippen LogP contribution in [0.25, 0.3) is 22.0 Å². The van der Waals surface area contributed by atoms with Gasteiger partial charge in [-0.15, -0.1) is 0 Å². The van der Waals surface area contributed by atoms with Gasteiger partial charge in [-0.3, -0.25) is 0 Å². The van der Waals surface area contributed by atoms with Crippen molar-refractivity contribution in [3.05, 3.63) is 60.3 Å². The van der Waals surface area contributed by atoms with Gasteiger partial charge in [0, 0.05) is 23.1 Å². The summed E-state index contributed by atoms with van der Waals surface area (Å²) in [5.74, 6) is -0.899. The number of carboxylic acids is 1. The zero-order chi connectivity index (χ0) is 14.4. The SMILES string of the molecule is O=C(O)c1cccc(-c2c[c]cc3c2ccn3C2CC2)c1. The second-order valence-electron chi connectivity index (χ2n) is 5.51. The van der Waals surface area contributed by atoms with E-state index in [4.69, 9.17) is 5.11 Å². The maximum absolute atomic E-state index is 11.1. The van der Waals surface area contributed by atoms with Gasteiger partial charge in [0.15, 0.2) is 0 Å². The topological polar surface area (TPSA) is 42.2 Å². The highest BCUT2D eigenvalue weighted by atomic mass is 16.4. The van der Waals surface area contributed by atoms with E-state index in [2.05, 4.69) is 22.9 Å². The molecule has 0 saturated heterocycles. The van der Waals surface area contributed by atoms with Crippen molar-refractivity contribution in [3.8, 4) is 11.1 Å². The Labute approximate surface area is 122 Å². The Bertz CT molecular complexity index is 843. The predicted molar refractivity (Wildman–Crippen MR) is 81.4 cm³/mol. The van der Waals surface area contributed by atoms with Crippen LogP contribution in [0.1, 0.15) is 29.2 Å². The largest absolute Gasteiger partial charge is 0.478 e. The Balaban J connectivity index is 1.90. The molecule has 3 heteroatoms. The maximum atomic E-state index is 11.1. The van der Waals surface area contributed by atoms with Gasteiger partial charge in [-0.05, 0) is 60.4 Å². The van der Waals surface area contributed by atoms with Crippen LogP contribution in [0, 0.1) is 6.07 Å². The van der Waals surface area contributed by atoms with E-state index in [-0.39, 0.29) is 0 Å². The summed E-state index contributed by atoms with van der Waals surface area (Å²) in [5, 5.41) is 10.3. The van der Waals surface area contributed by atoms with E-state index in [1.54, 1.807) is 18.2 Å². The molecule has 1 radical (unpaired) electrons. The van der Waals surface area contributed by atoms with E-state index >= 15 is 0 Å². The molecular formula is C18H14NO2. The molecule has 2 aromatic carbocycles. The molecule has 21 heavy (non-hydrogen) atoms. The molecule has 103 valence electrons. The van der Waals surface area contributed by atoms with Crippen LogP contribution in [-0.4, -0.2) is 15.6 Å². The monoisotopic (exact) mass is 276 g/mol. The Morgan fingerprint density at radius 2 is 2.10 bits per heavy atom. The van der Waals surface area contributed by atoms with Gasteiger partial charge in [-0.25, -0.2) is 4.79 Å². The molecule has 1 aliphatic carbocycles. The predicted octanol–water partition coefficient (Wildman–Crippen LogP) is 4.14. The minimum atomic E-state index is -0.899. The van der Waals surface area contributed by atoms with E-state index in [0.29, 0.717) is 11.6 Å². The summed E-state index contributed by atoms with van der Waals surface area (Å²) in [5.41, 5.74) is 3.45. The third-order valence-corrected chi connectivity index (χ3v) is 4.05. The minimum absolute atomic E-state index is 0.311. The average molecular weight is 276 g/mol. The zero-order valence-electron chi connectivity index (χ0n) is 11.4. The van der Waals surface area contributed by atoms with Crippen LogP contribution < -0.4 is 0 Å². The van der Waals surface area contributed by atoms with Crippen LogP contribution in [0.15, 0.2) is 48.7 Å². The van der Waals surface area contributed by atoms with Gasteiger partial charge < -0.3 is 9.67 Å². The van der Waals surface area contributed by atoms with Crippen LogP contribution in [-0.2, 0) is 0 Å². The lowest BCUT2D eigenvalue weighted by Crippen LogP contribution is -1.96. The molecule has 1 aromatic heterocycles. The molecule has 0 bridgehead atoms. The summed E-state index contributed by atoms with van der Waals surface area (Å²) in [6.45, 7) is 0. The second-order valence-corrected chi connectivity index (χ2v) is 5.51. The summed E-state index contributed by atoms with van der Waals surface area (Å²) in [4.78, 5) is 11.1. The molecule has 0 spiro atoms. The third-order valence-electron chi connectivity index (χ3n) is 4.05. The lowest BCUT2D eigenvalue weighted by Gasteiger charge is -2.07. The molecule has 0 amide bonds. The van der Waals surface area contributed by atoms with Crippen LogP contribution in [0.4, 0.5) is 0 Å². The molecular weight excluding hydrogens is 262 g/mol. The fraction of sp³-hybridized carbons (Fsp3) is 0.167. The molecule has 3 nitrogen and oxygen atoms in total. The quantitative estimate of drug-likeness (QED) is 0.781. The lowest BCUT2D eigenvalue weighted by atomic mass is 10.00. The molecule has 1 aliphatic rings. The van der Waals surface area contributed by atoms with Crippen molar-refractivity contribution < 1.29 is 9.90 Å². The molecule has 1 fully saturated rings. The Morgan fingerprint density at radius 3 is 2.86 bits per heavy atom. The number of aromatic nitrogens is 1. The number of hydrogen-bond acceptors (Lipinski definition) is 1. The molecule has 1 saturated carbocycles. The summed E-state index contributed by atoms with van der Waals surface area (Å²) in [6, 6.07) is 16.9. The first kappa shape index (κ1) is 12.2. The summed E-state index contributed by atoms with van der Waals surface area (Å²) >= 11 is 0. The van der Waals surface area contributed by atoms with Crippen molar-refractivity contribution in [2.75, 3.05) is 0 Å². The Hall–Kier alpha value is -2.55. The number of carbonyl (C=O) groups is 1. The molecule has 3 aromatic rings. The normalized spacial score (nSPS) is 14.5. The summed E-state index contributed by atoms with van der Waals surface area (Å²) in [7, 11) is 0. The van der Waals surface area contributed by atoms with Gasteiger partial charge in [-0.2, -0.15) is 0 Å². The molecule has 1 N–H and O–H groups in total. The van der Waals surface area contributed by atoms with Crippen molar-refractivity contribution in [1.29, 1.82) is 0 Å². The minimum Gasteiger partial charge on any atom is -0.478 e. The van der Waals surface area contributed by atoms with E-state index in [1.807, 2.05) is 18.2 Å². The number of aromatic carboxylic acids is 1. The summed E-state index contributed by atoms with van der Waals surface area (Å²) in [6.07, 6.45) is 4.60. The van der Waals surface area contributed by atoms with E-state index in [1.165, 1.54) is 18.4 Å². The first-order valence-corrected chi connectivity index (χ1v) is 7.08. The highest BCUT2D eigenvalue weighted by molar-refractivity contribution is 5.97. The molecule has 4 rings (SSSR count). The van der Waals surface area contributed by atoms with Crippen molar-refractivity contribution >= 4 is 16.9 Å². The highest BCUT2D eigenvalue weighted by Crippen LogP contribution is 2.39. The van der Waals surface area contributed by atoms with Crippen molar-refractivity contribution in [2.24, 2.45) is 0 Å². The number of rotatable bonds is 3.